The summed E-state index contributed by atoms with van der Waals surface area (Å²) in [5, 5.41) is 4.42. The van der Waals surface area contributed by atoms with Crippen molar-refractivity contribution in [3.8, 4) is 11.5 Å². The van der Waals surface area contributed by atoms with Crippen LogP contribution >= 0.6 is 11.6 Å². The number of nitrogens with two attached hydrogens (primary N) is 2. The molecule has 4 N–H and O–H groups in total. The lowest BCUT2D eigenvalue weighted by Crippen LogP contribution is -2.22. The van der Waals surface area contributed by atoms with Crippen molar-refractivity contribution in [2.24, 2.45) is 21.5 Å². The quantitative estimate of drug-likeness (QED) is 0.506. The number of amidine groups is 1. The monoisotopic (exact) mass is 395 g/mol. The molecule has 0 aliphatic carbocycles. The number of nitrogens with zero attached hydrogens (tertiary/aromatic N) is 5. The van der Waals surface area contributed by atoms with Gasteiger partial charge in [0, 0.05) is 23.3 Å². The van der Waals surface area contributed by atoms with Gasteiger partial charge in [-0.05, 0) is 36.4 Å². The summed E-state index contributed by atoms with van der Waals surface area (Å²) in [6.07, 6.45) is 0. The average Bonchev–Trinajstić information content (AvgIpc) is 3.19. The topological polar surface area (TPSA) is 119 Å². The number of aromatic nitrogens is 2. The zero-order valence-electron chi connectivity index (χ0n) is 15.1. The summed E-state index contributed by atoms with van der Waals surface area (Å²) in [6, 6.07) is 16.5. The molecule has 0 atom stereocenters. The molecule has 8 nitrogen and oxygen atoms in total. The van der Waals surface area contributed by atoms with Gasteiger partial charge in [-0.3, -0.25) is 0 Å². The van der Waals surface area contributed by atoms with Gasteiger partial charge in [-0.25, -0.2) is 0 Å². The Hall–Kier alpha value is -3.65. The zero-order chi connectivity index (χ0) is 20.1. The van der Waals surface area contributed by atoms with E-state index >= 15 is 0 Å². The first-order valence-corrected chi connectivity index (χ1v) is 8.58. The third kappa shape index (κ3) is 4.54. The highest BCUT2D eigenvalue weighted by atomic mass is 35.5. The Bertz CT molecular complexity index is 1030. The molecule has 142 valence electrons. The second-order valence-electron chi connectivity index (χ2n) is 5.71. The molecular weight excluding hydrogens is 378 g/mol. The van der Waals surface area contributed by atoms with E-state index in [4.69, 9.17) is 27.6 Å². The van der Waals surface area contributed by atoms with Gasteiger partial charge in [0.1, 0.15) is 5.82 Å². The molecule has 0 bridgehead atoms. The summed E-state index contributed by atoms with van der Waals surface area (Å²) in [6.45, 7) is 3.89. The molecule has 0 fully saturated rings. The van der Waals surface area contributed by atoms with Crippen LogP contribution in [0.3, 0.4) is 0 Å². The molecule has 2 aromatic carbocycles. The van der Waals surface area contributed by atoms with Crippen molar-refractivity contribution >= 4 is 29.1 Å². The van der Waals surface area contributed by atoms with Gasteiger partial charge in [0.05, 0.1) is 0 Å². The summed E-state index contributed by atoms with van der Waals surface area (Å²) in [5.41, 5.74) is 13.4. The Kier molecular flexibility index (Phi) is 5.71. The minimum atomic E-state index is -0.0804. The standard InChI is InChI=1S/C19H18ClN7O/c1-12(27(2)15-6-4-3-5-7-15)23-19(22)24-16(21)17-25-18(28-26-17)13-8-10-14(20)11-9-13/h3-11H,1H2,2H3,(H4,21,22,23,24). The van der Waals surface area contributed by atoms with Gasteiger partial charge < -0.3 is 20.9 Å². The number of rotatable bonds is 5. The highest BCUT2D eigenvalue weighted by Crippen LogP contribution is 2.19. The van der Waals surface area contributed by atoms with E-state index in [1.54, 1.807) is 29.2 Å². The molecule has 1 heterocycles. The van der Waals surface area contributed by atoms with Crippen LogP contribution in [-0.2, 0) is 0 Å². The smallest absolute Gasteiger partial charge is 0.258 e. The predicted octanol–water partition coefficient (Wildman–Crippen LogP) is 3.02. The van der Waals surface area contributed by atoms with Crippen LogP contribution in [-0.4, -0.2) is 29.0 Å². The van der Waals surface area contributed by atoms with Crippen LogP contribution in [0.5, 0.6) is 0 Å². The molecule has 9 heteroatoms. The Morgan fingerprint density at radius 1 is 1.07 bits per heavy atom. The number of halogens is 1. The number of guanidine groups is 1. The average molecular weight is 396 g/mol. The van der Waals surface area contributed by atoms with E-state index in [1.165, 1.54) is 0 Å². The highest BCUT2D eigenvalue weighted by molar-refractivity contribution is 6.30. The molecule has 0 aliphatic heterocycles. The first-order valence-electron chi connectivity index (χ1n) is 8.20. The second kappa shape index (κ2) is 8.36. The van der Waals surface area contributed by atoms with Gasteiger partial charge >= 0.3 is 0 Å². The largest absolute Gasteiger partial charge is 0.380 e. The van der Waals surface area contributed by atoms with Crippen LogP contribution in [0.1, 0.15) is 5.82 Å². The normalized spacial score (nSPS) is 12.1. The van der Waals surface area contributed by atoms with E-state index in [2.05, 4.69) is 26.7 Å². The van der Waals surface area contributed by atoms with Crippen molar-refractivity contribution in [2.45, 2.75) is 0 Å². The molecule has 0 spiro atoms. The summed E-state index contributed by atoms with van der Waals surface area (Å²) in [4.78, 5) is 14.1. The molecule has 0 aliphatic rings. The maximum Gasteiger partial charge on any atom is 0.258 e. The molecule has 0 saturated carbocycles. The van der Waals surface area contributed by atoms with Crippen molar-refractivity contribution in [3.05, 3.63) is 77.8 Å². The van der Waals surface area contributed by atoms with E-state index in [0.29, 0.717) is 16.4 Å². The third-order valence-electron chi connectivity index (χ3n) is 3.76. The first kappa shape index (κ1) is 19.1. The van der Waals surface area contributed by atoms with Crippen molar-refractivity contribution in [2.75, 3.05) is 11.9 Å². The zero-order valence-corrected chi connectivity index (χ0v) is 15.8. The van der Waals surface area contributed by atoms with Crippen molar-refractivity contribution in [1.82, 2.24) is 10.1 Å². The fourth-order valence-corrected chi connectivity index (χ4v) is 2.37. The molecule has 0 saturated heterocycles. The van der Waals surface area contributed by atoms with Gasteiger partial charge in [-0.1, -0.05) is 41.5 Å². The molecule has 28 heavy (non-hydrogen) atoms. The number of anilines is 1. The van der Waals surface area contributed by atoms with Gasteiger partial charge in [0.25, 0.3) is 5.89 Å². The van der Waals surface area contributed by atoms with E-state index in [1.807, 2.05) is 37.4 Å². The maximum absolute atomic E-state index is 5.91. The number of para-hydroxylation sites is 1. The SMILES string of the molecule is C=C(/N=C(N)\N=C(/N)c1noc(-c2ccc(Cl)cc2)n1)N(C)c1ccccc1. The second-order valence-corrected chi connectivity index (χ2v) is 6.14. The van der Waals surface area contributed by atoms with Gasteiger partial charge in [0.2, 0.25) is 11.8 Å². The fraction of sp³-hybridized carbons (Fsp3) is 0.0526. The Morgan fingerprint density at radius 3 is 2.43 bits per heavy atom. The summed E-state index contributed by atoms with van der Waals surface area (Å²) >= 11 is 5.87. The maximum atomic E-state index is 5.91. The van der Waals surface area contributed by atoms with Crippen molar-refractivity contribution in [3.63, 3.8) is 0 Å². The molecule has 0 radical (unpaired) electrons. The van der Waals surface area contributed by atoms with Crippen LogP contribution < -0.4 is 16.4 Å². The van der Waals surface area contributed by atoms with Gasteiger partial charge in [-0.2, -0.15) is 15.0 Å². The summed E-state index contributed by atoms with van der Waals surface area (Å²) in [5.74, 6) is 0.678. The molecule has 3 rings (SSSR count). The first-order chi connectivity index (χ1) is 13.4. The Morgan fingerprint density at radius 2 is 1.75 bits per heavy atom. The third-order valence-corrected chi connectivity index (χ3v) is 4.01. The number of benzene rings is 2. The van der Waals surface area contributed by atoms with Crippen molar-refractivity contribution in [1.29, 1.82) is 0 Å². The Balaban J connectivity index is 1.74. The summed E-state index contributed by atoms with van der Waals surface area (Å²) < 4.78 is 5.20. The Labute approximate surface area is 166 Å². The van der Waals surface area contributed by atoms with Crippen LogP contribution in [0, 0.1) is 0 Å². The lowest BCUT2D eigenvalue weighted by molar-refractivity contribution is 0.429. The van der Waals surface area contributed by atoms with E-state index < -0.39 is 0 Å². The van der Waals surface area contributed by atoms with E-state index in [9.17, 15) is 0 Å². The van der Waals surface area contributed by atoms with Crippen LogP contribution in [0.25, 0.3) is 11.5 Å². The van der Waals surface area contributed by atoms with Crippen molar-refractivity contribution < 1.29 is 4.52 Å². The number of aliphatic imine (C=N–C) groups is 2. The van der Waals surface area contributed by atoms with Gasteiger partial charge in [0.15, 0.2) is 5.84 Å². The minimum absolute atomic E-state index is 0.0274. The molecule has 1 aromatic heterocycles. The number of hydrogen-bond donors (Lipinski definition) is 2. The number of hydrogen-bond acceptors (Lipinski definition) is 5. The fourth-order valence-electron chi connectivity index (χ4n) is 2.24. The molecular formula is C19H18ClN7O. The van der Waals surface area contributed by atoms with E-state index in [0.717, 1.165) is 5.69 Å². The molecule has 0 unspecified atom stereocenters. The lowest BCUT2D eigenvalue weighted by atomic mass is 10.2. The van der Waals surface area contributed by atoms with Crippen LogP contribution in [0.4, 0.5) is 5.69 Å². The summed E-state index contributed by atoms with van der Waals surface area (Å²) in [7, 11) is 1.82. The minimum Gasteiger partial charge on any atom is -0.380 e. The van der Waals surface area contributed by atoms with E-state index in [-0.39, 0.29) is 23.5 Å². The van der Waals surface area contributed by atoms with Crippen LogP contribution in [0.15, 0.2) is 81.5 Å². The highest BCUT2D eigenvalue weighted by Gasteiger charge is 2.12. The molecule has 0 amide bonds. The lowest BCUT2D eigenvalue weighted by Gasteiger charge is -2.18. The van der Waals surface area contributed by atoms with Crippen LogP contribution in [0.2, 0.25) is 5.02 Å². The molecule has 3 aromatic rings. The van der Waals surface area contributed by atoms with Gasteiger partial charge in [-0.15, -0.1) is 0 Å². The predicted molar refractivity (Wildman–Crippen MR) is 111 cm³/mol.